The molecule has 0 saturated heterocycles. The molecule has 0 saturated carbocycles. The van der Waals surface area contributed by atoms with Gasteiger partial charge in [0.05, 0.1) is 39.3 Å². The number of hydrogen-bond donors (Lipinski definition) is 0. The van der Waals surface area contributed by atoms with Gasteiger partial charge in [-0.3, -0.25) is 9.55 Å². The van der Waals surface area contributed by atoms with Crippen molar-refractivity contribution >= 4 is 21.9 Å². The number of nitrogens with zero attached hydrogens (tertiary/aromatic N) is 4. The predicted molar refractivity (Wildman–Crippen MR) is 209 cm³/mol. The second-order valence-electron chi connectivity index (χ2n) is 13.7. The minimum absolute atomic E-state index is 0.606. The van der Waals surface area contributed by atoms with Gasteiger partial charge in [-0.2, -0.15) is 5.26 Å². The zero-order valence-corrected chi connectivity index (χ0v) is 28.4. The number of pyridine rings is 1. The smallest absolute Gasteiger partial charge is 0.145 e. The third kappa shape index (κ3) is 4.12. The van der Waals surface area contributed by atoms with E-state index in [1.807, 2.05) is 48.7 Å². The van der Waals surface area contributed by atoms with Crippen LogP contribution >= 0.6 is 0 Å². The molecular formula is C48H28N4O. The van der Waals surface area contributed by atoms with Crippen LogP contribution in [0.25, 0.3) is 61.3 Å². The highest BCUT2D eigenvalue weighted by Crippen LogP contribution is 2.62. The summed E-state index contributed by atoms with van der Waals surface area (Å²) in [5.74, 6) is 2.46. The molecule has 11 rings (SSSR count). The molecule has 1 spiro atoms. The van der Waals surface area contributed by atoms with Crippen LogP contribution < -0.4 is 4.74 Å². The highest BCUT2D eigenvalue weighted by atomic mass is 16.5. The zero-order valence-electron chi connectivity index (χ0n) is 28.4. The van der Waals surface area contributed by atoms with Gasteiger partial charge >= 0.3 is 0 Å². The Morgan fingerprint density at radius 1 is 0.566 bits per heavy atom. The van der Waals surface area contributed by atoms with Crippen LogP contribution in [0.2, 0.25) is 0 Å². The van der Waals surface area contributed by atoms with Crippen molar-refractivity contribution in [2.75, 3.05) is 0 Å². The van der Waals surface area contributed by atoms with Crippen LogP contribution in [0.4, 0.5) is 0 Å². The van der Waals surface area contributed by atoms with Gasteiger partial charge in [0.2, 0.25) is 0 Å². The first-order chi connectivity index (χ1) is 26.2. The summed E-state index contributed by atoms with van der Waals surface area (Å²) in [4.78, 5) is 9.93. The minimum Gasteiger partial charge on any atom is -0.457 e. The number of para-hydroxylation sites is 4. The summed E-state index contributed by atoms with van der Waals surface area (Å²) in [6.45, 7) is 0. The largest absolute Gasteiger partial charge is 0.457 e. The fraction of sp³-hybridized carbons (Fsp3) is 0.0208. The van der Waals surface area contributed by atoms with Crippen LogP contribution in [0.15, 0.2) is 170 Å². The average molecular weight is 677 g/mol. The standard InChI is InChI=1S/C48H28N4O/c49-29-30-18-25-45-40(27-30)48(38-13-3-6-17-44(38)53-45)37-12-2-1-11-35(37)36-24-23-34(28-39(36)48)31-19-21-33(22-20-31)47-51-41-14-4-5-15-42(41)52(47)43-16-7-9-32-10-8-26-50-46(32)43/h1-28H. The number of rotatable bonds is 3. The monoisotopic (exact) mass is 676 g/mol. The summed E-state index contributed by atoms with van der Waals surface area (Å²) in [6.07, 6.45) is 1.85. The lowest BCUT2D eigenvalue weighted by atomic mass is 9.65. The molecule has 9 aromatic rings. The van der Waals surface area contributed by atoms with Gasteiger partial charge in [0.15, 0.2) is 0 Å². The van der Waals surface area contributed by atoms with E-state index in [1.165, 1.54) is 22.3 Å². The number of aromatic nitrogens is 3. The molecule has 2 aromatic heterocycles. The molecule has 3 heterocycles. The Morgan fingerprint density at radius 2 is 1.30 bits per heavy atom. The quantitative estimate of drug-likeness (QED) is 0.187. The van der Waals surface area contributed by atoms with Gasteiger partial charge in [-0.1, -0.05) is 109 Å². The molecule has 0 N–H and O–H groups in total. The van der Waals surface area contributed by atoms with Crippen molar-refractivity contribution in [1.29, 1.82) is 5.26 Å². The first-order valence-corrected chi connectivity index (χ1v) is 17.7. The Kier molecular flexibility index (Phi) is 6.17. The number of hydrogen-bond acceptors (Lipinski definition) is 4. The highest BCUT2D eigenvalue weighted by molar-refractivity contribution is 5.93. The number of benzene rings is 7. The van der Waals surface area contributed by atoms with Crippen LogP contribution in [-0.4, -0.2) is 14.5 Å². The summed E-state index contributed by atoms with van der Waals surface area (Å²) in [5, 5.41) is 11.1. The topological polar surface area (TPSA) is 63.7 Å². The van der Waals surface area contributed by atoms with Gasteiger partial charge in [0.25, 0.3) is 0 Å². The van der Waals surface area contributed by atoms with Crippen molar-refractivity contribution < 1.29 is 4.74 Å². The van der Waals surface area contributed by atoms with Crippen molar-refractivity contribution in [3.05, 3.63) is 198 Å². The summed E-state index contributed by atoms with van der Waals surface area (Å²) in [7, 11) is 0. The van der Waals surface area contributed by atoms with Crippen LogP contribution in [0, 0.1) is 11.3 Å². The predicted octanol–water partition coefficient (Wildman–Crippen LogP) is 11.2. The molecule has 0 bridgehead atoms. The zero-order chi connectivity index (χ0) is 35.1. The van der Waals surface area contributed by atoms with Gasteiger partial charge in [0.1, 0.15) is 17.3 Å². The molecule has 0 radical (unpaired) electrons. The lowest BCUT2D eigenvalue weighted by molar-refractivity contribution is 0.436. The normalized spacial score (nSPS) is 15.0. The van der Waals surface area contributed by atoms with Gasteiger partial charge in [-0.25, -0.2) is 4.98 Å². The first-order valence-electron chi connectivity index (χ1n) is 17.7. The summed E-state index contributed by atoms with van der Waals surface area (Å²) >= 11 is 0. The van der Waals surface area contributed by atoms with Gasteiger partial charge in [-0.05, 0) is 88.0 Å². The van der Waals surface area contributed by atoms with E-state index in [2.05, 4.69) is 132 Å². The molecular weight excluding hydrogens is 649 g/mol. The maximum atomic E-state index is 10.0. The second-order valence-corrected chi connectivity index (χ2v) is 13.7. The van der Waals surface area contributed by atoms with Gasteiger partial charge in [0, 0.05) is 28.3 Å². The third-order valence-electron chi connectivity index (χ3n) is 11.0. The van der Waals surface area contributed by atoms with E-state index in [0.717, 1.165) is 72.8 Å². The summed E-state index contributed by atoms with van der Waals surface area (Å²) in [5.41, 5.74) is 13.9. The van der Waals surface area contributed by atoms with Gasteiger partial charge < -0.3 is 4.74 Å². The third-order valence-corrected chi connectivity index (χ3v) is 11.0. The molecule has 1 aliphatic heterocycles. The molecule has 7 aromatic carbocycles. The van der Waals surface area contributed by atoms with Crippen molar-refractivity contribution in [2.24, 2.45) is 0 Å². The maximum absolute atomic E-state index is 10.0. The summed E-state index contributed by atoms with van der Waals surface area (Å²) in [6, 6.07) is 59.3. The van der Waals surface area contributed by atoms with E-state index < -0.39 is 5.41 Å². The van der Waals surface area contributed by atoms with Crippen molar-refractivity contribution in [2.45, 2.75) is 5.41 Å². The average Bonchev–Trinajstić information content (AvgIpc) is 3.75. The van der Waals surface area contributed by atoms with E-state index in [4.69, 9.17) is 14.7 Å². The molecule has 53 heavy (non-hydrogen) atoms. The second kappa shape index (κ2) is 11.1. The molecule has 5 nitrogen and oxygen atoms in total. The van der Waals surface area contributed by atoms with E-state index in [9.17, 15) is 5.26 Å². The number of ether oxygens (including phenoxy) is 1. The Labute approximate surface area is 305 Å². The van der Waals surface area contributed by atoms with Gasteiger partial charge in [-0.15, -0.1) is 0 Å². The Balaban J connectivity index is 1.09. The summed E-state index contributed by atoms with van der Waals surface area (Å²) < 4.78 is 8.76. The van der Waals surface area contributed by atoms with Crippen LogP contribution in [0.1, 0.15) is 27.8 Å². The Bertz CT molecular complexity index is 3000. The lowest BCUT2D eigenvalue weighted by Crippen LogP contribution is -2.32. The molecule has 5 heteroatoms. The molecule has 1 atom stereocenters. The highest BCUT2D eigenvalue weighted by Gasteiger charge is 2.51. The Hall–Kier alpha value is -7.29. The van der Waals surface area contributed by atoms with Crippen LogP contribution in [-0.2, 0) is 5.41 Å². The number of fused-ring (bicyclic) bond motifs is 11. The van der Waals surface area contributed by atoms with E-state index in [1.54, 1.807) is 0 Å². The van der Waals surface area contributed by atoms with E-state index in [-0.39, 0.29) is 0 Å². The molecule has 1 aliphatic carbocycles. The number of imidazole rings is 1. The SMILES string of the molecule is N#Cc1ccc2c(c1)C1(c3ccccc3O2)c2ccccc2-c2ccc(-c3ccc(-c4nc5ccccc5n4-c4cccc5cccnc45)cc3)cc21. The van der Waals surface area contributed by atoms with Crippen LogP contribution in [0.3, 0.4) is 0 Å². The first kappa shape index (κ1) is 29.4. The minimum atomic E-state index is -0.656. The van der Waals surface area contributed by atoms with Crippen molar-refractivity contribution in [3.63, 3.8) is 0 Å². The van der Waals surface area contributed by atoms with E-state index >= 15 is 0 Å². The van der Waals surface area contributed by atoms with Crippen molar-refractivity contribution in [3.8, 4) is 56.9 Å². The maximum Gasteiger partial charge on any atom is 0.145 e. The molecule has 1 unspecified atom stereocenters. The molecule has 0 amide bonds. The lowest BCUT2D eigenvalue weighted by Gasteiger charge is -2.39. The fourth-order valence-corrected chi connectivity index (χ4v) is 8.69. The van der Waals surface area contributed by atoms with Crippen molar-refractivity contribution in [1.82, 2.24) is 14.5 Å². The van der Waals surface area contributed by atoms with E-state index in [0.29, 0.717) is 5.56 Å². The van der Waals surface area contributed by atoms with Crippen LogP contribution in [0.5, 0.6) is 11.5 Å². The molecule has 0 fully saturated rings. The molecule has 2 aliphatic rings. The molecule has 246 valence electrons. The fourth-order valence-electron chi connectivity index (χ4n) is 8.69. The number of nitriles is 1. The Morgan fingerprint density at radius 3 is 2.21 bits per heavy atom.